The van der Waals surface area contributed by atoms with E-state index < -0.39 is 11.9 Å². The average Bonchev–Trinajstić information content (AvgIpc) is 2.35. The maximum absolute atomic E-state index is 13.8. The van der Waals surface area contributed by atoms with Crippen LogP contribution in [0.3, 0.4) is 0 Å². The first-order chi connectivity index (χ1) is 8.59. The molecule has 94 valence electrons. The van der Waals surface area contributed by atoms with Gasteiger partial charge in [-0.05, 0) is 33.6 Å². The SMILES string of the molecule is OC(Cc1ccncc1Cl)c1cccc(Br)c1F. The fourth-order valence-corrected chi connectivity index (χ4v) is 2.24. The number of aliphatic hydroxyl groups is 1. The molecular weight excluding hydrogens is 321 g/mol. The van der Waals surface area contributed by atoms with Gasteiger partial charge in [0.15, 0.2) is 0 Å². The van der Waals surface area contributed by atoms with Crippen LogP contribution in [0.15, 0.2) is 41.1 Å². The molecule has 0 saturated carbocycles. The van der Waals surface area contributed by atoms with Crippen molar-refractivity contribution in [3.05, 3.63) is 63.1 Å². The van der Waals surface area contributed by atoms with Crippen LogP contribution in [0.1, 0.15) is 17.2 Å². The molecule has 0 aliphatic rings. The Kier molecular flexibility index (Phi) is 4.32. The van der Waals surface area contributed by atoms with E-state index in [4.69, 9.17) is 11.6 Å². The van der Waals surface area contributed by atoms with Crippen molar-refractivity contribution in [2.75, 3.05) is 0 Å². The first kappa shape index (κ1) is 13.5. The fraction of sp³-hybridized carbons (Fsp3) is 0.154. The summed E-state index contributed by atoms with van der Waals surface area (Å²) >= 11 is 9.04. The highest BCUT2D eigenvalue weighted by atomic mass is 79.9. The highest BCUT2D eigenvalue weighted by Crippen LogP contribution is 2.27. The number of benzene rings is 1. The maximum atomic E-state index is 13.8. The van der Waals surface area contributed by atoms with Crippen molar-refractivity contribution in [3.8, 4) is 0 Å². The van der Waals surface area contributed by atoms with Crippen LogP contribution < -0.4 is 0 Å². The molecule has 0 aliphatic heterocycles. The Bertz CT molecular complexity index is 564. The lowest BCUT2D eigenvalue weighted by atomic mass is 10.0. The van der Waals surface area contributed by atoms with Crippen molar-refractivity contribution in [3.63, 3.8) is 0 Å². The first-order valence-electron chi connectivity index (χ1n) is 5.30. The molecule has 18 heavy (non-hydrogen) atoms. The maximum Gasteiger partial charge on any atom is 0.143 e. The van der Waals surface area contributed by atoms with Crippen LogP contribution in [-0.2, 0) is 6.42 Å². The third-order valence-electron chi connectivity index (χ3n) is 2.61. The number of rotatable bonds is 3. The van der Waals surface area contributed by atoms with Crippen LogP contribution >= 0.6 is 27.5 Å². The van der Waals surface area contributed by atoms with E-state index in [0.717, 1.165) is 5.56 Å². The Morgan fingerprint density at radius 2 is 2.17 bits per heavy atom. The van der Waals surface area contributed by atoms with Gasteiger partial charge in [-0.1, -0.05) is 23.7 Å². The highest BCUT2D eigenvalue weighted by Gasteiger charge is 2.16. The van der Waals surface area contributed by atoms with Crippen molar-refractivity contribution in [2.45, 2.75) is 12.5 Å². The summed E-state index contributed by atoms with van der Waals surface area (Å²) in [5.74, 6) is -0.449. The van der Waals surface area contributed by atoms with Crippen molar-refractivity contribution in [1.82, 2.24) is 4.98 Å². The van der Waals surface area contributed by atoms with Gasteiger partial charge in [-0.15, -0.1) is 0 Å². The minimum absolute atomic E-state index is 0.245. The number of pyridine rings is 1. The number of hydrogen-bond acceptors (Lipinski definition) is 2. The van der Waals surface area contributed by atoms with Gasteiger partial charge in [-0.25, -0.2) is 4.39 Å². The summed E-state index contributed by atoms with van der Waals surface area (Å²) in [6.45, 7) is 0. The van der Waals surface area contributed by atoms with E-state index >= 15 is 0 Å². The van der Waals surface area contributed by atoms with E-state index in [1.165, 1.54) is 6.20 Å². The molecule has 2 rings (SSSR count). The summed E-state index contributed by atoms with van der Waals surface area (Å²) < 4.78 is 14.1. The number of aliphatic hydroxyl groups excluding tert-OH is 1. The molecule has 1 unspecified atom stereocenters. The molecule has 0 spiro atoms. The zero-order valence-corrected chi connectivity index (χ0v) is 11.6. The molecule has 0 saturated heterocycles. The Morgan fingerprint density at radius 3 is 2.89 bits per heavy atom. The lowest BCUT2D eigenvalue weighted by molar-refractivity contribution is 0.173. The first-order valence-corrected chi connectivity index (χ1v) is 6.47. The summed E-state index contributed by atoms with van der Waals surface area (Å²) in [6.07, 6.45) is 2.39. The number of hydrogen-bond donors (Lipinski definition) is 1. The van der Waals surface area contributed by atoms with E-state index in [1.807, 2.05) is 0 Å². The van der Waals surface area contributed by atoms with Gasteiger partial charge in [0.2, 0.25) is 0 Å². The van der Waals surface area contributed by atoms with Crippen LogP contribution in [0, 0.1) is 5.82 Å². The molecule has 2 nitrogen and oxygen atoms in total. The van der Waals surface area contributed by atoms with Crippen LogP contribution in [0.25, 0.3) is 0 Å². The van der Waals surface area contributed by atoms with Gasteiger partial charge < -0.3 is 5.11 Å². The monoisotopic (exact) mass is 329 g/mol. The van der Waals surface area contributed by atoms with Gasteiger partial charge in [0.1, 0.15) is 5.82 Å². The summed E-state index contributed by atoms with van der Waals surface area (Å²) in [7, 11) is 0. The van der Waals surface area contributed by atoms with Crippen LogP contribution in [0.2, 0.25) is 5.02 Å². The van der Waals surface area contributed by atoms with Gasteiger partial charge >= 0.3 is 0 Å². The van der Waals surface area contributed by atoms with E-state index in [2.05, 4.69) is 20.9 Å². The molecular formula is C13H10BrClFNO. The van der Waals surface area contributed by atoms with Crippen molar-refractivity contribution in [1.29, 1.82) is 0 Å². The summed E-state index contributed by atoms with van der Waals surface area (Å²) in [5.41, 5.74) is 0.982. The second-order valence-corrected chi connectivity index (χ2v) is 5.09. The van der Waals surface area contributed by atoms with Crippen LogP contribution in [0.5, 0.6) is 0 Å². The number of nitrogens with zero attached hydrogens (tertiary/aromatic N) is 1. The van der Waals surface area contributed by atoms with E-state index in [1.54, 1.807) is 30.5 Å². The van der Waals surface area contributed by atoms with Crippen molar-refractivity contribution >= 4 is 27.5 Å². The molecule has 0 bridgehead atoms. The molecule has 0 aliphatic carbocycles. The molecule has 5 heteroatoms. The Balaban J connectivity index is 2.25. The molecule has 0 amide bonds. The fourth-order valence-electron chi connectivity index (χ4n) is 1.67. The predicted molar refractivity (Wildman–Crippen MR) is 72.0 cm³/mol. The van der Waals surface area contributed by atoms with Gasteiger partial charge in [-0.3, -0.25) is 4.98 Å². The molecule has 1 aromatic heterocycles. The minimum atomic E-state index is -0.942. The van der Waals surface area contributed by atoms with E-state index in [9.17, 15) is 9.50 Å². The topological polar surface area (TPSA) is 33.1 Å². The Labute approximate surface area is 118 Å². The summed E-state index contributed by atoms with van der Waals surface area (Å²) in [4.78, 5) is 3.86. The Hall–Kier alpha value is -0.970. The third-order valence-corrected chi connectivity index (χ3v) is 3.56. The lowest BCUT2D eigenvalue weighted by Crippen LogP contribution is -2.05. The second kappa shape index (κ2) is 5.78. The molecule has 2 aromatic rings. The van der Waals surface area contributed by atoms with Gasteiger partial charge in [0.25, 0.3) is 0 Å². The van der Waals surface area contributed by atoms with Crippen molar-refractivity contribution in [2.24, 2.45) is 0 Å². The van der Waals surface area contributed by atoms with Crippen molar-refractivity contribution < 1.29 is 9.50 Å². The van der Waals surface area contributed by atoms with Crippen LogP contribution in [0.4, 0.5) is 4.39 Å². The molecule has 1 atom stereocenters. The second-order valence-electron chi connectivity index (χ2n) is 3.83. The standard InChI is InChI=1S/C13H10BrClFNO/c14-10-3-1-2-9(13(10)16)12(18)6-8-4-5-17-7-11(8)15/h1-5,7,12,18H,6H2. The smallest absolute Gasteiger partial charge is 0.143 e. The molecule has 1 N–H and O–H groups in total. The summed E-state index contributed by atoms with van der Waals surface area (Å²) in [5, 5.41) is 10.5. The normalized spacial score (nSPS) is 12.4. The van der Waals surface area contributed by atoms with Crippen LogP contribution in [-0.4, -0.2) is 10.1 Å². The molecule has 1 heterocycles. The molecule has 0 radical (unpaired) electrons. The quantitative estimate of drug-likeness (QED) is 0.925. The third kappa shape index (κ3) is 2.88. The zero-order chi connectivity index (χ0) is 13.1. The van der Waals surface area contributed by atoms with E-state index in [-0.39, 0.29) is 12.0 Å². The molecule has 0 fully saturated rings. The Morgan fingerprint density at radius 1 is 1.39 bits per heavy atom. The summed E-state index contributed by atoms with van der Waals surface area (Å²) in [6, 6.07) is 6.53. The minimum Gasteiger partial charge on any atom is -0.388 e. The number of aromatic nitrogens is 1. The van der Waals surface area contributed by atoms with E-state index in [0.29, 0.717) is 9.50 Å². The zero-order valence-electron chi connectivity index (χ0n) is 9.28. The molecule has 1 aromatic carbocycles. The van der Waals surface area contributed by atoms with Gasteiger partial charge in [-0.2, -0.15) is 0 Å². The predicted octanol–water partition coefficient (Wildman–Crippen LogP) is 3.91. The number of halogens is 3. The highest BCUT2D eigenvalue weighted by molar-refractivity contribution is 9.10. The van der Waals surface area contributed by atoms with Gasteiger partial charge in [0.05, 0.1) is 15.6 Å². The van der Waals surface area contributed by atoms with Gasteiger partial charge in [0, 0.05) is 24.4 Å². The lowest BCUT2D eigenvalue weighted by Gasteiger charge is -2.13. The average molecular weight is 331 g/mol. The largest absolute Gasteiger partial charge is 0.388 e.